The van der Waals surface area contributed by atoms with Crippen molar-refractivity contribution < 1.29 is 49.3 Å². The maximum absolute atomic E-state index is 13.4. The van der Waals surface area contributed by atoms with Gasteiger partial charge in [0.05, 0.1) is 25.4 Å². The van der Waals surface area contributed by atoms with Crippen molar-refractivity contribution in [3.63, 3.8) is 0 Å². The highest BCUT2D eigenvalue weighted by Crippen LogP contribution is 2.26. The highest BCUT2D eigenvalue weighted by atomic mass is 16.7. The average molecular weight is 1050 g/mol. The molecule has 0 aromatic rings. The first kappa shape index (κ1) is 68.8. The Bertz CT molecular complexity index is 1720. The van der Waals surface area contributed by atoms with E-state index in [9.17, 15) is 35.1 Å². The Balaban J connectivity index is 2.78. The molecule has 424 valence electrons. The van der Waals surface area contributed by atoms with Crippen LogP contribution >= 0.6 is 0 Å². The fraction of sp³-hybridized carbons (Fsp3) is 0.625. The Hall–Kier alpha value is -4.20. The molecule has 1 aliphatic heterocycles. The smallest absolute Gasteiger partial charge is 0.306 e. The van der Waals surface area contributed by atoms with Gasteiger partial charge in [-0.15, -0.1) is 0 Å². The molecule has 8 unspecified atom stereocenters. The van der Waals surface area contributed by atoms with Crippen LogP contribution in [-0.4, -0.2) is 99.6 Å². The van der Waals surface area contributed by atoms with E-state index in [-0.39, 0.29) is 19.4 Å². The second-order valence-corrected chi connectivity index (χ2v) is 19.3. The van der Waals surface area contributed by atoms with Crippen molar-refractivity contribution in [1.82, 2.24) is 5.32 Å². The Morgan fingerprint density at radius 3 is 1.44 bits per heavy atom. The number of carbonyl (C=O) groups excluding carboxylic acids is 2. The molecular formula is C64H103NO10. The lowest BCUT2D eigenvalue weighted by Gasteiger charge is -2.41. The Labute approximate surface area is 454 Å². The van der Waals surface area contributed by atoms with Crippen molar-refractivity contribution in [2.24, 2.45) is 0 Å². The van der Waals surface area contributed by atoms with E-state index in [4.69, 9.17) is 14.2 Å². The van der Waals surface area contributed by atoms with Crippen LogP contribution in [0.25, 0.3) is 0 Å². The molecular weight excluding hydrogens is 943 g/mol. The quantitative estimate of drug-likeness (QED) is 0.0196. The van der Waals surface area contributed by atoms with Gasteiger partial charge < -0.3 is 45.1 Å². The van der Waals surface area contributed by atoms with Gasteiger partial charge in [-0.25, -0.2) is 0 Å². The normalized spacial score (nSPS) is 20.2. The van der Waals surface area contributed by atoms with E-state index >= 15 is 0 Å². The number of rotatable bonds is 46. The van der Waals surface area contributed by atoms with Crippen LogP contribution < -0.4 is 5.32 Å². The maximum atomic E-state index is 13.4. The first-order valence-corrected chi connectivity index (χ1v) is 29.0. The summed E-state index contributed by atoms with van der Waals surface area (Å²) >= 11 is 0. The minimum atomic E-state index is -1.65. The van der Waals surface area contributed by atoms with Crippen molar-refractivity contribution in [2.45, 2.75) is 243 Å². The minimum absolute atomic E-state index is 0.0692. The van der Waals surface area contributed by atoms with Gasteiger partial charge in [0, 0.05) is 6.42 Å². The van der Waals surface area contributed by atoms with E-state index in [0.29, 0.717) is 12.8 Å². The SMILES string of the molecule is CC/C=C\C/C=C\C/C=C\C/C=C\C/C=C\CCCCCC(=O)OC1C(OCC(NC(=O)C(O)CC/C=C\C/C=C\C/C=C\C/C=C\C/C=C\CC)C(O)/C=C/CCCCCCCCCCC)OC(CO)C(O)C1O. The highest BCUT2D eigenvalue weighted by Gasteiger charge is 2.47. The third-order valence-electron chi connectivity index (χ3n) is 12.6. The van der Waals surface area contributed by atoms with Crippen molar-refractivity contribution in [3.05, 3.63) is 134 Å². The third kappa shape index (κ3) is 38.9. The number of ether oxygens (including phenoxy) is 3. The van der Waals surface area contributed by atoms with Crippen molar-refractivity contribution in [2.75, 3.05) is 13.2 Å². The summed E-state index contributed by atoms with van der Waals surface area (Å²) in [6.45, 7) is 5.46. The number of hydrogen-bond donors (Lipinski definition) is 6. The van der Waals surface area contributed by atoms with Gasteiger partial charge in [0.25, 0.3) is 0 Å². The third-order valence-corrected chi connectivity index (χ3v) is 12.6. The molecule has 1 fully saturated rings. The first-order valence-electron chi connectivity index (χ1n) is 29.0. The molecule has 0 radical (unpaired) electrons. The average Bonchev–Trinajstić information content (AvgIpc) is 3.41. The van der Waals surface area contributed by atoms with Gasteiger partial charge in [0.15, 0.2) is 12.4 Å². The fourth-order valence-electron chi connectivity index (χ4n) is 8.00. The molecule has 1 rings (SSSR count). The predicted octanol–water partition coefficient (Wildman–Crippen LogP) is 13.3. The van der Waals surface area contributed by atoms with Crippen LogP contribution in [0.5, 0.6) is 0 Å². The van der Waals surface area contributed by atoms with Crippen molar-refractivity contribution in [3.8, 4) is 0 Å². The van der Waals surface area contributed by atoms with E-state index in [1.165, 1.54) is 38.5 Å². The maximum Gasteiger partial charge on any atom is 0.306 e. The fourth-order valence-corrected chi connectivity index (χ4v) is 8.00. The van der Waals surface area contributed by atoms with Crippen LogP contribution in [0.2, 0.25) is 0 Å². The zero-order valence-electron chi connectivity index (χ0n) is 46.6. The number of aliphatic hydroxyl groups is 5. The van der Waals surface area contributed by atoms with Gasteiger partial charge in [-0.2, -0.15) is 0 Å². The lowest BCUT2D eigenvalue weighted by atomic mass is 9.99. The topological polar surface area (TPSA) is 175 Å². The van der Waals surface area contributed by atoms with Gasteiger partial charge >= 0.3 is 5.97 Å². The van der Waals surface area contributed by atoms with Crippen LogP contribution in [0.15, 0.2) is 134 Å². The van der Waals surface area contributed by atoms with Crippen LogP contribution in [0, 0.1) is 0 Å². The van der Waals surface area contributed by atoms with Gasteiger partial charge in [0.2, 0.25) is 5.91 Å². The molecule has 0 saturated carbocycles. The van der Waals surface area contributed by atoms with Gasteiger partial charge in [-0.3, -0.25) is 9.59 Å². The number of unbranched alkanes of at least 4 members (excludes halogenated alkanes) is 12. The van der Waals surface area contributed by atoms with E-state index in [1.54, 1.807) is 6.08 Å². The molecule has 75 heavy (non-hydrogen) atoms. The molecule has 0 spiro atoms. The van der Waals surface area contributed by atoms with Gasteiger partial charge in [-0.05, 0) is 109 Å². The largest absolute Gasteiger partial charge is 0.454 e. The Morgan fingerprint density at radius 2 is 0.960 bits per heavy atom. The van der Waals surface area contributed by atoms with Gasteiger partial charge in [0.1, 0.15) is 24.4 Å². The van der Waals surface area contributed by atoms with E-state index in [0.717, 1.165) is 109 Å². The van der Waals surface area contributed by atoms with Crippen molar-refractivity contribution >= 4 is 11.9 Å². The van der Waals surface area contributed by atoms with E-state index in [2.05, 4.69) is 135 Å². The summed E-state index contributed by atoms with van der Waals surface area (Å²) in [6.07, 6.45) is 60.7. The molecule has 1 saturated heterocycles. The van der Waals surface area contributed by atoms with Crippen molar-refractivity contribution in [1.29, 1.82) is 0 Å². The van der Waals surface area contributed by atoms with Crippen LogP contribution in [-0.2, 0) is 23.8 Å². The molecule has 11 nitrogen and oxygen atoms in total. The molecule has 6 N–H and O–H groups in total. The van der Waals surface area contributed by atoms with Crippen LogP contribution in [0.3, 0.4) is 0 Å². The summed E-state index contributed by atoms with van der Waals surface area (Å²) in [4.78, 5) is 26.4. The summed E-state index contributed by atoms with van der Waals surface area (Å²) in [5.41, 5.74) is 0. The Morgan fingerprint density at radius 1 is 0.533 bits per heavy atom. The zero-order valence-corrected chi connectivity index (χ0v) is 46.6. The van der Waals surface area contributed by atoms with Gasteiger partial charge in [-0.1, -0.05) is 212 Å². The van der Waals surface area contributed by atoms with Crippen LogP contribution in [0.1, 0.15) is 194 Å². The lowest BCUT2D eigenvalue weighted by Crippen LogP contribution is -2.61. The summed E-state index contributed by atoms with van der Waals surface area (Å²) in [5.74, 6) is -1.30. The number of esters is 1. The summed E-state index contributed by atoms with van der Waals surface area (Å²) in [7, 11) is 0. The number of aliphatic hydroxyl groups excluding tert-OH is 5. The van der Waals surface area contributed by atoms with E-state index in [1.807, 2.05) is 18.2 Å². The Kier molecular flexibility index (Phi) is 46.4. The molecule has 0 aromatic heterocycles. The number of nitrogens with one attached hydrogen (secondary N) is 1. The number of carbonyl (C=O) groups is 2. The lowest BCUT2D eigenvalue weighted by molar-refractivity contribution is -0.305. The second kappa shape index (κ2) is 50.6. The summed E-state index contributed by atoms with van der Waals surface area (Å²) in [5, 5.41) is 56.7. The summed E-state index contributed by atoms with van der Waals surface area (Å²) < 4.78 is 17.5. The molecule has 1 amide bonds. The minimum Gasteiger partial charge on any atom is -0.454 e. The molecule has 1 aliphatic rings. The molecule has 8 atom stereocenters. The molecule has 0 bridgehead atoms. The predicted molar refractivity (Wildman–Crippen MR) is 310 cm³/mol. The first-order chi connectivity index (χ1) is 36.7. The standard InChI is InChI=1S/C64H103NO10/c1-4-7-10-13-16-19-22-24-26-28-29-30-32-34-37-40-43-46-49-52-59(69)75-62-61(71)60(70)58(53-66)74-64(62)73-54-55(56(67)50-47-44-41-38-35-21-18-15-12-9-6-3)65-63(72)57(68)51-48-45-42-39-36-33-31-27-25-23-20-17-14-11-8-5-2/h7-8,10-11,16-17,19-20,24-27,29-30,33-34,36-37,42,45,47,50,55-58,60-62,64,66-68,70-71H,4-6,9,12-15,18,21-23,28,31-32,35,38-41,43-44,46,48-49,51-54H2,1-3H3,(H,65,72)/b10-7-,11-8-,19-16-,20-17-,26-24-,27-25-,30-29-,36-33-,37-34-,45-42-,50-47+. The number of allylic oxidation sites excluding steroid dienone is 21. The molecule has 1 heterocycles. The number of hydrogen-bond acceptors (Lipinski definition) is 10. The number of amides is 1. The highest BCUT2D eigenvalue weighted by molar-refractivity contribution is 5.80. The summed E-state index contributed by atoms with van der Waals surface area (Å²) in [6, 6.07) is -1.07. The molecule has 11 heteroatoms. The monoisotopic (exact) mass is 1050 g/mol. The zero-order chi connectivity index (χ0) is 54.7. The van der Waals surface area contributed by atoms with Crippen LogP contribution in [0.4, 0.5) is 0 Å². The second-order valence-electron chi connectivity index (χ2n) is 19.3. The van der Waals surface area contributed by atoms with E-state index < -0.39 is 67.4 Å². The molecule has 0 aromatic carbocycles. The molecule has 0 aliphatic carbocycles.